The van der Waals surface area contributed by atoms with Crippen LogP contribution in [0.25, 0.3) is 0 Å². The Morgan fingerprint density at radius 3 is 2.11 bits per heavy atom. The zero-order valence-electron chi connectivity index (χ0n) is 10.8. The molecule has 18 heavy (non-hydrogen) atoms. The number of hydrogen-bond acceptors (Lipinski definition) is 4. The van der Waals surface area contributed by atoms with Crippen molar-refractivity contribution in [3.8, 4) is 0 Å². The molecule has 1 saturated carbocycles. The topological polar surface area (TPSA) is 127 Å². The predicted octanol–water partition coefficient (Wildman–Crippen LogP) is 0.110. The molecule has 4 unspecified atom stereocenters. The summed E-state index contributed by atoms with van der Waals surface area (Å²) in [6.07, 6.45) is 0.696. The van der Waals surface area contributed by atoms with Gasteiger partial charge in [-0.3, -0.25) is 9.59 Å². The summed E-state index contributed by atoms with van der Waals surface area (Å²) in [7, 11) is 0. The number of hydrogen-bond donors (Lipinski definition) is 4. The van der Waals surface area contributed by atoms with Crippen molar-refractivity contribution in [1.29, 1.82) is 0 Å². The van der Waals surface area contributed by atoms with Gasteiger partial charge in [-0.05, 0) is 31.2 Å². The lowest BCUT2D eigenvalue weighted by Gasteiger charge is -2.47. The van der Waals surface area contributed by atoms with Crippen molar-refractivity contribution in [3.05, 3.63) is 0 Å². The van der Waals surface area contributed by atoms with E-state index in [4.69, 9.17) is 11.5 Å². The highest BCUT2D eigenvalue weighted by atomic mass is 16.4. The van der Waals surface area contributed by atoms with Crippen LogP contribution in [0.3, 0.4) is 0 Å². The molecule has 0 aliphatic heterocycles. The zero-order chi connectivity index (χ0) is 14.1. The summed E-state index contributed by atoms with van der Waals surface area (Å²) in [5, 5.41) is 18.4. The molecular weight excluding hydrogens is 236 g/mol. The van der Waals surface area contributed by atoms with Crippen molar-refractivity contribution in [2.45, 2.75) is 32.7 Å². The number of carboxylic acids is 2. The zero-order valence-corrected chi connectivity index (χ0v) is 10.8. The molecule has 0 spiro atoms. The van der Waals surface area contributed by atoms with E-state index in [-0.39, 0.29) is 18.3 Å². The second-order valence-corrected chi connectivity index (χ2v) is 5.38. The van der Waals surface area contributed by atoms with Gasteiger partial charge in [0, 0.05) is 12.0 Å². The second-order valence-electron chi connectivity index (χ2n) is 5.38. The van der Waals surface area contributed by atoms with Crippen molar-refractivity contribution in [1.82, 2.24) is 0 Å². The molecule has 1 fully saturated rings. The van der Waals surface area contributed by atoms with Crippen LogP contribution in [0.5, 0.6) is 0 Å². The van der Waals surface area contributed by atoms with Crippen molar-refractivity contribution in [2.75, 3.05) is 6.54 Å². The van der Waals surface area contributed by atoms with Gasteiger partial charge in [0.2, 0.25) is 0 Å². The van der Waals surface area contributed by atoms with Gasteiger partial charge in [-0.1, -0.05) is 13.8 Å². The minimum absolute atomic E-state index is 0.00150. The van der Waals surface area contributed by atoms with Crippen LogP contribution >= 0.6 is 0 Å². The molecule has 0 aromatic rings. The lowest BCUT2D eigenvalue weighted by molar-refractivity contribution is -0.181. The Bertz CT molecular complexity index is 331. The fraction of sp³-hybridized carbons (Fsp3) is 0.833. The number of carbonyl (C=O) groups is 2. The molecule has 0 aromatic carbocycles. The minimum Gasteiger partial charge on any atom is -0.480 e. The molecule has 6 heteroatoms. The van der Waals surface area contributed by atoms with Gasteiger partial charge >= 0.3 is 11.9 Å². The fourth-order valence-corrected chi connectivity index (χ4v) is 2.70. The Labute approximate surface area is 106 Å². The molecule has 1 aliphatic carbocycles. The van der Waals surface area contributed by atoms with E-state index in [0.29, 0.717) is 13.0 Å². The molecule has 0 heterocycles. The lowest BCUT2D eigenvalue weighted by atomic mass is 9.55. The monoisotopic (exact) mass is 258 g/mol. The quantitative estimate of drug-likeness (QED) is 0.501. The predicted molar refractivity (Wildman–Crippen MR) is 65.8 cm³/mol. The van der Waals surface area contributed by atoms with Crippen LogP contribution in [0.2, 0.25) is 0 Å². The van der Waals surface area contributed by atoms with Crippen molar-refractivity contribution in [3.63, 3.8) is 0 Å². The molecule has 0 saturated heterocycles. The maximum atomic E-state index is 11.3. The third-order valence-electron chi connectivity index (χ3n) is 4.59. The van der Waals surface area contributed by atoms with Crippen molar-refractivity contribution in [2.24, 2.45) is 34.6 Å². The highest BCUT2D eigenvalue weighted by Crippen LogP contribution is 2.50. The first-order valence-electron chi connectivity index (χ1n) is 6.21. The number of aliphatic carboxylic acids is 2. The van der Waals surface area contributed by atoms with E-state index in [2.05, 4.69) is 0 Å². The molecule has 1 rings (SSSR count). The average molecular weight is 258 g/mol. The molecule has 6 N–H and O–H groups in total. The molecule has 0 radical (unpaired) electrons. The van der Waals surface area contributed by atoms with E-state index in [1.54, 1.807) is 0 Å². The molecule has 4 atom stereocenters. The summed E-state index contributed by atoms with van der Waals surface area (Å²) in [5.74, 6) is -2.95. The van der Waals surface area contributed by atoms with Gasteiger partial charge in [-0.2, -0.15) is 0 Å². The molecule has 104 valence electrons. The first-order valence-corrected chi connectivity index (χ1v) is 6.21. The summed E-state index contributed by atoms with van der Waals surface area (Å²) in [6, 6.07) is -0.454. The van der Waals surface area contributed by atoms with E-state index in [0.717, 1.165) is 0 Å². The highest BCUT2D eigenvalue weighted by Gasteiger charge is 2.61. The Hall–Kier alpha value is -1.14. The van der Waals surface area contributed by atoms with Gasteiger partial charge in [-0.15, -0.1) is 0 Å². The van der Waals surface area contributed by atoms with E-state index < -0.39 is 29.3 Å². The average Bonchev–Trinajstić information content (AvgIpc) is 2.24. The maximum absolute atomic E-state index is 11.3. The number of rotatable bonds is 6. The molecule has 1 aliphatic rings. The third kappa shape index (κ3) is 2.10. The summed E-state index contributed by atoms with van der Waals surface area (Å²) >= 11 is 0. The molecule has 0 bridgehead atoms. The summed E-state index contributed by atoms with van der Waals surface area (Å²) in [4.78, 5) is 22.5. The van der Waals surface area contributed by atoms with Gasteiger partial charge in [0.05, 0.1) is 0 Å². The third-order valence-corrected chi connectivity index (χ3v) is 4.59. The van der Waals surface area contributed by atoms with Gasteiger partial charge < -0.3 is 21.7 Å². The van der Waals surface area contributed by atoms with Crippen LogP contribution in [-0.4, -0.2) is 34.7 Å². The first kappa shape index (κ1) is 14.9. The largest absolute Gasteiger partial charge is 0.480 e. The Balaban J connectivity index is 2.90. The Morgan fingerprint density at radius 1 is 1.33 bits per heavy atom. The van der Waals surface area contributed by atoms with Crippen molar-refractivity contribution >= 4 is 11.9 Å². The standard InChI is InChI=1S/C12H22N2O4/c1-6(5-13)7(2)9(14)8-3-4-12(8,10(15)16)11(17)18/h6-9H,3-5,13-14H2,1-2H3,(H,15,16)(H,17,18). The summed E-state index contributed by atoms with van der Waals surface area (Å²) in [6.45, 7) is 4.29. The van der Waals surface area contributed by atoms with Gasteiger partial charge in [0.25, 0.3) is 0 Å². The van der Waals surface area contributed by atoms with Crippen LogP contribution in [0, 0.1) is 23.2 Å². The van der Waals surface area contributed by atoms with Gasteiger partial charge in [0.1, 0.15) is 0 Å². The molecular formula is C12H22N2O4. The second kappa shape index (κ2) is 5.24. The summed E-state index contributed by atoms with van der Waals surface area (Å²) in [5.41, 5.74) is 9.93. The lowest BCUT2D eigenvalue weighted by Crippen LogP contribution is -2.60. The van der Waals surface area contributed by atoms with E-state index in [1.807, 2.05) is 13.8 Å². The summed E-state index contributed by atoms with van der Waals surface area (Å²) < 4.78 is 0. The van der Waals surface area contributed by atoms with Crippen LogP contribution < -0.4 is 11.5 Å². The first-order chi connectivity index (χ1) is 8.28. The minimum atomic E-state index is -1.71. The van der Waals surface area contributed by atoms with E-state index in [9.17, 15) is 19.8 Å². The normalized spacial score (nSPS) is 26.8. The van der Waals surface area contributed by atoms with Crippen LogP contribution in [0.15, 0.2) is 0 Å². The Morgan fingerprint density at radius 2 is 1.83 bits per heavy atom. The number of nitrogens with two attached hydrogens (primary N) is 2. The SMILES string of the molecule is CC(CN)C(C)C(N)C1CCC1(C(=O)O)C(=O)O. The van der Waals surface area contributed by atoms with E-state index in [1.165, 1.54) is 0 Å². The molecule has 0 amide bonds. The van der Waals surface area contributed by atoms with E-state index >= 15 is 0 Å². The van der Waals surface area contributed by atoms with Crippen molar-refractivity contribution < 1.29 is 19.8 Å². The maximum Gasteiger partial charge on any atom is 0.321 e. The molecule has 0 aromatic heterocycles. The van der Waals surface area contributed by atoms with Gasteiger partial charge in [-0.25, -0.2) is 0 Å². The van der Waals surface area contributed by atoms with Crippen LogP contribution in [0.1, 0.15) is 26.7 Å². The Kier molecular flexibility index (Phi) is 4.34. The van der Waals surface area contributed by atoms with Gasteiger partial charge in [0.15, 0.2) is 5.41 Å². The number of carboxylic acid groups (broad SMARTS) is 2. The fourth-order valence-electron chi connectivity index (χ4n) is 2.70. The smallest absolute Gasteiger partial charge is 0.321 e. The van der Waals surface area contributed by atoms with Crippen LogP contribution in [0.4, 0.5) is 0 Å². The highest BCUT2D eigenvalue weighted by molar-refractivity contribution is 5.99. The van der Waals surface area contributed by atoms with Crippen LogP contribution in [-0.2, 0) is 9.59 Å². The molecule has 6 nitrogen and oxygen atoms in total.